The molecule has 0 saturated carbocycles. The van der Waals surface area contributed by atoms with Gasteiger partial charge in [-0.15, -0.1) is 0 Å². The van der Waals surface area contributed by atoms with Gasteiger partial charge >= 0.3 is 0 Å². The van der Waals surface area contributed by atoms with E-state index in [-0.39, 0.29) is 4.90 Å². The minimum absolute atomic E-state index is 0.217. The van der Waals surface area contributed by atoms with E-state index in [1.807, 2.05) is 6.92 Å². The van der Waals surface area contributed by atoms with Crippen molar-refractivity contribution < 1.29 is 8.42 Å². The highest BCUT2D eigenvalue weighted by atomic mass is 79.9. The molecule has 0 unspecified atom stereocenters. The van der Waals surface area contributed by atoms with E-state index < -0.39 is 10.0 Å². The molecule has 7 heteroatoms. The Morgan fingerprint density at radius 2 is 1.70 bits per heavy atom. The van der Waals surface area contributed by atoms with Gasteiger partial charge in [-0.25, -0.2) is 8.42 Å². The smallest absolute Gasteiger partial charge is 0.265 e. The predicted octanol–water partition coefficient (Wildman–Crippen LogP) is 3.74. The number of sulfonamides is 1. The van der Waals surface area contributed by atoms with Crippen LogP contribution in [0, 0.1) is 6.92 Å². The minimum Gasteiger partial charge on any atom is -0.269 e. The van der Waals surface area contributed by atoms with Crippen molar-refractivity contribution in [1.29, 1.82) is 0 Å². The van der Waals surface area contributed by atoms with Gasteiger partial charge in [0.05, 0.1) is 5.69 Å². The van der Waals surface area contributed by atoms with Crippen molar-refractivity contribution in [3.05, 3.63) is 51.2 Å². The average molecular weight is 420 g/mol. The molecule has 0 atom stereocenters. The lowest BCUT2D eigenvalue weighted by atomic mass is 10.2. The Hall–Kier alpha value is -0.920. The third-order valence-electron chi connectivity index (χ3n) is 2.88. The van der Waals surface area contributed by atoms with Crippen molar-refractivity contribution in [3.63, 3.8) is 0 Å². The van der Waals surface area contributed by atoms with E-state index in [1.54, 1.807) is 36.7 Å². The molecule has 0 amide bonds. The van der Waals surface area contributed by atoms with Crippen molar-refractivity contribution in [2.75, 3.05) is 11.4 Å². The number of aromatic nitrogens is 1. The fourth-order valence-electron chi connectivity index (χ4n) is 1.67. The quantitative estimate of drug-likeness (QED) is 0.761. The molecule has 20 heavy (non-hydrogen) atoms. The standard InChI is InChI=1S/C13H12Br2N2O2S/c1-9-7-12(15)13(8-11(9)14)20(18,19)17(2)10-3-5-16-6-4-10/h3-8H,1-2H3. The van der Waals surface area contributed by atoms with E-state index >= 15 is 0 Å². The third-order valence-corrected chi connectivity index (χ3v) is 6.48. The van der Waals surface area contributed by atoms with Gasteiger partial charge in [-0.3, -0.25) is 9.29 Å². The highest BCUT2D eigenvalue weighted by Gasteiger charge is 2.24. The summed E-state index contributed by atoms with van der Waals surface area (Å²) in [6.07, 6.45) is 3.11. The van der Waals surface area contributed by atoms with Crippen molar-refractivity contribution in [1.82, 2.24) is 4.98 Å². The first-order chi connectivity index (χ1) is 9.34. The predicted molar refractivity (Wildman–Crippen MR) is 86.4 cm³/mol. The largest absolute Gasteiger partial charge is 0.269 e. The second-order valence-corrected chi connectivity index (χ2v) is 7.86. The summed E-state index contributed by atoms with van der Waals surface area (Å²) in [5.41, 5.74) is 1.52. The molecule has 0 saturated heterocycles. The number of anilines is 1. The average Bonchev–Trinajstić information content (AvgIpc) is 2.42. The lowest BCUT2D eigenvalue weighted by molar-refractivity contribution is 0.594. The van der Waals surface area contributed by atoms with Gasteiger partial charge in [0.1, 0.15) is 4.90 Å². The number of hydrogen-bond acceptors (Lipinski definition) is 3. The highest BCUT2D eigenvalue weighted by Crippen LogP contribution is 2.31. The molecule has 2 rings (SSSR count). The molecule has 0 aliphatic carbocycles. The van der Waals surface area contributed by atoms with Crippen LogP contribution >= 0.6 is 31.9 Å². The van der Waals surface area contributed by atoms with Crippen LogP contribution in [0.4, 0.5) is 5.69 Å². The topological polar surface area (TPSA) is 50.3 Å². The minimum atomic E-state index is -3.63. The third kappa shape index (κ3) is 2.89. The van der Waals surface area contributed by atoms with Crippen LogP contribution in [0.1, 0.15) is 5.56 Å². The van der Waals surface area contributed by atoms with E-state index in [2.05, 4.69) is 36.8 Å². The first-order valence-corrected chi connectivity index (χ1v) is 8.71. The monoisotopic (exact) mass is 418 g/mol. The molecule has 0 spiro atoms. The second-order valence-electron chi connectivity index (χ2n) is 4.21. The summed E-state index contributed by atoms with van der Waals surface area (Å²) < 4.78 is 27.9. The zero-order valence-electron chi connectivity index (χ0n) is 10.8. The van der Waals surface area contributed by atoms with E-state index in [0.29, 0.717) is 10.2 Å². The Labute approximate surface area is 135 Å². The van der Waals surface area contributed by atoms with Crippen LogP contribution in [-0.2, 0) is 10.0 Å². The SMILES string of the molecule is Cc1cc(Br)c(S(=O)(=O)N(C)c2ccncc2)cc1Br. The maximum atomic E-state index is 12.7. The Balaban J connectivity index is 2.54. The Morgan fingerprint density at radius 3 is 2.30 bits per heavy atom. The molecule has 2 aromatic rings. The van der Waals surface area contributed by atoms with Gasteiger partial charge in [0, 0.05) is 28.4 Å². The molecule has 0 N–H and O–H groups in total. The summed E-state index contributed by atoms with van der Waals surface area (Å²) in [7, 11) is -2.11. The molecule has 0 aliphatic heterocycles. The first kappa shape index (κ1) is 15.5. The zero-order valence-corrected chi connectivity index (χ0v) is 14.8. The van der Waals surface area contributed by atoms with Crippen molar-refractivity contribution in [2.45, 2.75) is 11.8 Å². The molecule has 1 aromatic carbocycles. The van der Waals surface area contributed by atoms with E-state index in [0.717, 1.165) is 10.0 Å². The molecule has 1 aromatic heterocycles. The Morgan fingerprint density at radius 1 is 1.10 bits per heavy atom. The number of hydrogen-bond donors (Lipinski definition) is 0. The highest BCUT2D eigenvalue weighted by molar-refractivity contribution is 9.11. The molecule has 0 fully saturated rings. The number of aryl methyl sites for hydroxylation is 1. The molecule has 106 valence electrons. The van der Waals surface area contributed by atoms with E-state index in [1.165, 1.54) is 11.4 Å². The maximum absolute atomic E-state index is 12.7. The van der Waals surface area contributed by atoms with Gasteiger partial charge < -0.3 is 0 Å². The number of pyridine rings is 1. The fraction of sp³-hybridized carbons (Fsp3) is 0.154. The van der Waals surface area contributed by atoms with Crippen molar-refractivity contribution >= 4 is 47.6 Å². The number of rotatable bonds is 3. The van der Waals surface area contributed by atoms with Crippen LogP contribution in [0.25, 0.3) is 0 Å². The van der Waals surface area contributed by atoms with Gasteiger partial charge in [0.2, 0.25) is 0 Å². The van der Waals surface area contributed by atoms with Gasteiger partial charge in [0.15, 0.2) is 0 Å². The molecule has 4 nitrogen and oxygen atoms in total. The van der Waals surface area contributed by atoms with Crippen molar-refractivity contribution in [3.8, 4) is 0 Å². The summed E-state index contributed by atoms with van der Waals surface area (Å²) in [6, 6.07) is 6.67. The lowest BCUT2D eigenvalue weighted by Crippen LogP contribution is -2.26. The van der Waals surface area contributed by atoms with Crippen LogP contribution in [0.2, 0.25) is 0 Å². The summed E-state index contributed by atoms with van der Waals surface area (Å²) in [4.78, 5) is 4.10. The van der Waals surface area contributed by atoms with Gasteiger partial charge in [0.25, 0.3) is 10.0 Å². The van der Waals surface area contributed by atoms with Gasteiger partial charge in [-0.2, -0.15) is 0 Å². The van der Waals surface area contributed by atoms with Gasteiger partial charge in [-0.1, -0.05) is 15.9 Å². The number of benzene rings is 1. The van der Waals surface area contributed by atoms with Crippen molar-refractivity contribution in [2.24, 2.45) is 0 Å². The summed E-state index contributed by atoms with van der Waals surface area (Å²) in [6.45, 7) is 1.90. The molecular formula is C13H12Br2N2O2S. The normalized spacial score (nSPS) is 11.4. The van der Waals surface area contributed by atoms with Crippen LogP contribution in [-0.4, -0.2) is 20.4 Å². The van der Waals surface area contributed by atoms with Gasteiger partial charge in [-0.05, 0) is 52.7 Å². The molecule has 1 heterocycles. The van der Waals surface area contributed by atoms with Crippen LogP contribution < -0.4 is 4.31 Å². The summed E-state index contributed by atoms with van der Waals surface area (Å²) >= 11 is 6.68. The summed E-state index contributed by atoms with van der Waals surface area (Å²) in [5.74, 6) is 0. The Kier molecular flexibility index (Phi) is 4.51. The molecule has 0 aliphatic rings. The maximum Gasteiger partial charge on any atom is 0.265 e. The van der Waals surface area contributed by atoms with E-state index in [4.69, 9.17) is 0 Å². The number of halogens is 2. The second kappa shape index (κ2) is 5.83. The summed E-state index contributed by atoms with van der Waals surface area (Å²) in [5, 5.41) is 0. The number of nitrogens with zero attached hydrogens (tertiary/aromatic N) is 2. The zero-order chi connectivity index (χ0) is 14.9. The van der Waals surface area contributed by atoms with Crippen LogP contribution in [0.5, 0.6) is 0 Å². The first-order valence-electron chi connectivity index (χ1n) is 5.68. The molecule has 0 bridgehead atoms. The Bertz CT molecular complexity index is 734. The lowest BCUT2D eigenvalue weighted by Gasteiger charge is -2.20. The van der Waals surface area contributed by atoms with Crippen LogP contribution in [0.3, 0.4) is 0 Å². The molecular weight excluding hydrogens is 408 g/mol. The fourth-order valence-corrected chi connectivity index (χ4v) is 4.50. The van der Waals surface area contributed by atoms with Crippen LogP contribution in [0.15, 0.2) is 50.5 Å². The molecule has 0 radical (unpaired) electrons. The van der Waals surface area contributed by atoms with E-state index in [9.17, 15) is 8.42 Å².